The summed E-state index contributed by atoms with van der Waals surface area (Å²) in [6, 6.07) is 9.36. The molecule has 3 rings (SSSR count). The van der Waals surface area contributed by atoms with E-state index < -0.39 is 37.2 Å². The van der Waals surface area contributed by atoms with E-state index in [2.05, 4.69) is 19.1 Å². The van der Waals surface area contributed by atoms with Crippen molar-refractivity contribution >= 4 is 22.9 Å². The summed E-state index contributed by atoms with van der Waals surface area (Å²) in [6.07, 6.45) is -5.37. The second-order valence-corrected chi connectivity index (χ2v) is 8.11. The van der Waals surface area contributed by atoms with E-state index in [1.807, 2.05) is 0 Å². The molecule has 0 bridgehead atoms. The zero-order valence-electron chi connectivity index (χ0n) is 14.3. The third-order valence-electron chi connectivity index (χ3n) is 4.67. The fourth-order valence-corrected chi connectivity index (χ4v) is 4.32. The lowest BCUT2D eigenvalue weighted by Gasteiger charge is -2.39. The van der Waals surface area contributed by atoms with Gasteiger partial charge in [-0.1, -0.05) is 30.7 Å². The van der Waals surface area contributed by atoms with Crippen LogP contribution in [0.5, 0.6) is 0 Å². The Morgan fingerprint density at radius 1 is 1.15 bits per heavy atom. The molecule has 1 aromatic heterocycles. The molecule has 142 valence electrons. The molecule has 1 aromatic carbocycles. The molecule has 0 aliphatic carbocycles. The summed E-state index contributed by atoms with van der Waals surface area (Å²) in [5, 5.41) is 30.0. The number of aliphatic hydroxyl groups is 3. The summed E-state index contributed by atoms with van der Waals surface area (Å²) in [7, 11) is 0. The molecule has 0 amide bonds. The Morgan fingerprint density at radius 3 is 2.54 bits per heavy atom. The predicted octanol–water partition coefficient (Wildman–Crippen LogP) is 3.05. The summed E-state index contributed by atoms with van der Waals surface area (Å²) in [4.78, 5) is 2.46. The lowest BCUT2D eigenvalue weighted by molar-refractivity contribution is -0.214. The first-order valence-corrected chi connectivity index (χ1v) is 9.76. The van der Waals surface area contributed by atoms with Crippen molar-refractivity contribution in [3.05, 3.63) is 56.2 Å². The van der Waals surface area contributed by atoms with Crippen molar-refractivity contribution in [1.82, 2.24) is 0 Å². The first-order chi connectivity index (χ1) is 12.4. The number of halogens is 2. The topological polar surface area (TPSA) is 69.9 Å². The number of thiophene rings is 1. The Kier molecular flexibility index (Phi) is 6.33. The number of rotatable bonds is 5. The van der Waals surface area contributed by atoms with Crippen LogP contribution in [0.15, 0.2) is 30.3 Å². The SMILES string of the molecule is CCc1ccc(Cc2cc(C3OC(CO)C(F)C(O)C3O)ccc2Cl)s1. The Morgan fingerprint density at radius 2 is 1.88 bits per heavy atom. The highest BCUT2D eigenvalue weighted by atomic mass is 35.5. The first kappa shape index (κ1) is 19.7. The van der Waals surface area contributed by atoms with E-state index in [-0.39, 0.29) is 0 Å². The van der Waals surface area contributed by atoms with Crippen LogP contribution >= 0.6 is 22.9 Å². The maximum Gasteiger partial charge on any atom is 0.157 e. The van der Waals surface area contributed by atoms with Gasteiger partial charge in [-0.05, 0) is 35.7 Å². The third-order valence-corrected chi connectivity index (χ3v) is 6.27. The van der Waals surface area contributed by atoms with E-state index in [1.54, 1.807) is 29.5 Å². The van der Waals surface area contributed by atoms with Crippen LogP contribution in [0.25, 0.3) is 0 Å². The Labute approximate surface area is 160 Å². The normalized spacial score (nSPS) is 29.1. The average molecular weight is 401 g/mol. The Balaban J connectivity index is 1.86. The maximum atomic E-state index is 13.9. The molecule has 0 spiro atoms. The second kappa shape index (κ2) is 8.33. The van der Waals surface area contributed by atoms with Crippen LogP contribution in [0.2, 0.25) is 5.02 Å². The van der Waals surface area contributed by atoms with Gasteiger partial charge in [0.05, 0.1) is 6.61 Å². The van der Waals surface area contributed by atoms with Gasteiger partial charge in [-0.2, -0.15) is 0 Å². The molecule has 0 saturated carbocycles. The summed E-state index contributed by atoms with van der Waals surface area (Å²) in [5.74, 6) is 0. The quantitative estimate of drug-likeness (QED) is 0.721. The Bertz CT molecular complexity index is 751. The van der Waals surface area contributed by atoms with Crippen molar-refractivity contribution in [2.45, 2.75) is 50.4 Å². The lowest BCUT2D eigenvalue weighted by atomic mass is 9.91. The largest absolute Gasteiger partial charge is 0.394 e. The van der Waals surface area contributed by atoms with Crippen molar-refractivity contribution in [1.29, 1.82) is 0 Å². The molecule has 1 aliphatic rings. The summed E-state index contributed by atoms with van der Waals surface area (Å²) >= 11 is 8.04. The fourth-order valence-electron chi connectivity index (χ4n) is 3.15. The standard InChI is InChI=1S/C19H22ClFO4S/c1-2-12-4-5-13(26-12)8-11-7-10(3-6-14(11)20)19-18(24)17(23)16(21)15(9-22)25-19/h3-7,15-19,22-24H,2,8-9H2,1H3. The average Bonchev–Trinajstić information content (AvgIpc) is 3.10. The van der Waals surface area contributed by atoms with E-state index in [9.17, 15) is 19.7 Å². The molecule has 3 N–H and O–H groups in total. The minimum absolute atomic E-state index is 0.573. The van der Waals surface area contributed by atoms with Crippen molar-refractivity contribution in [2.24, 2.45) is 0 Å². The third kappa shape index (κ3) is 3.96. The fraction of sp³-hybridized carbons (Fsp3) is 0.474. The van der Waals surface area contributed by atoms with Gasteiger partial charge in [-0.25, -0.2) is 4.39 Å². The first-order valence-electron chi connectivity index (χ1n) is 8.57. The molecule has 5 atom stereocenters. The number of hydrogen-bond donors (Lipinski definition) is 3. The molecule has 2 heterocycles. The highest BCUT2D eigenvalue weighted by molar-refractivity contribution is 7.12. The van der Waals surface area contributed by atoms with Crippen LogP contribution in [-0.4, -0.2) is 46.4 Å². The van der Waals surface area contributed by atoms with Crippen LogP contribution in [0.1, 0.15) is 33.9 Å². The number of ether oxygens (including phenoxy) is 1. The number of aryl methyl sites for hydroxylation is 1. The minimum atomic E-state index is -1.84. The zero-order valence-corrected chi connectivity index (χ0v) is 15.9. The summed E-state index contributed by atoms with van der Waals surface area (Å²) in [5.41, 5.74) is 1.45. The molecule has 0 radical (unpaired) electrons. The van der Waals surface area contributed by atoms with Gasteiger partial charge < -0.3 is 20.1 Å². The monoisotopic (exact) mass is 400 g/mol. The molecular formula is C19H22ClFO4S. The van der Waals surface area contributed by atoms with Crippen molar-refractivity contribution in [3.63, 3.8) is 0 Å². The van der Waals surface area contributed by atoms with Crippen LogP contribution in [0, 0.1) is 0 Å². The molecular weight excluding hydrogens is 379 g/mol. The highest BCUT2D eigenvalue weighted by Gasteiger charge is 2.45. The van der Waals surface area contributed by atoms with Crippen molar-refractivity contribution in [3.8, 4) is 0 Å². The number of alkyl halides is 1. The van der Waals surface area contributed by atoms with Gasteiger partial charge in [0, 0.05) is 21.2 Å². The van der Waals surface area contributed by atoms with E-state index in [4.69, 9.17) is 16.3 Å². The van der Waals surface area contributed by atoms with E-state index in [0.717, 1.165) is 12.0 Å². The van der Waals surface area contributed by atoms with Gasteiger partial charge in [-0.3, -0.25) is 0 Å². The van der Waals surface area contributed by atoms with Crippen molar-refractivity contribution < 1.29 is 24.4 Å². The molecule has 2 aromatic rings. The lowest BCUT2D eigenvalue weighted by Crippen LogP contribution is -2.53. The van der Waals surface area contributed by atoms with Crippen molar-refractivity contribution in [2.75, 3.05) is 6.61 Å². The van der Waals surface area contributed by atoms with Crippen LogP contribution in [0.4, 0.5) is 4.39 Å². The second-order valence-electron chi connectivity index (χ2n) is 6.45. The van der Waals surface area contributed by atoms with Gasteiger partial charge in [0.15, 0.2) is 6.17 Å². The minimum Gasteiger partial charge on any atom is -0.394 e. The number of aliphatic hydroxyl groups excluding tert-OH is 3. The van der Waals surface area contributed by atoms with Crippen LogP contribution in [-0.2, 0) is 17.6 Å². The van der Waals surface area contributed by atoms with Crippen LogP contribution in [0.3, 0.4) is 0 Å². The van der Waals surface area contributed by atoms with Gasteiger partial charge in [0.2, 0.25) is 0 Å². The van der Waals surface area contributed by atoms with E-state index in [1.165, 1.54) is 9.75 Å². The van der Waals surface area contributed by atoms with Gasteiger partial charge in [-0.15, -0.1) is 11.3 Å². The summed E-state index contributed by atoms with van der Waals surface area (Å²) < 4.78 is 19.4. The van der Waals surface area contributed by atoms with Gasteiger partial charge >= 0.3 is 0 Å². The molecule has 1 fully saturated rings. The molecule has 26 heavy (non-hydrogen) atoms. The molecule has 5 unspecified atom stereocenters. The van der Waals surface area contributed by atoms with Gasteiger partial charge in [0.25, 0.3) is 0 Å². The number of hydrogen-bond acceptors (Lipinski definition) is 5. The van der Waals surface area contributed by atoms with Crippen LogP contribution < -0.4 is 0 Å². The number of benzene rings is 1. The molecule has 4 nitrogen and oxygen atoms in total. The van der Waals surface area contributed by atoms with E-state index in [0.29, 0.717) is 17.0 Å². The molecule has 1 aliphatic heterocycles. The molecule has 7 heteroatoms. The highest BCUT2D eigenvalue weighted by Crippen LogP contribution is 2.35. The maximum absolute atomic E-state index is 13.9. The van der Waals surface area contributed by atoms with Gasteiger partial charge in [0.1, 0.15) is 24.4 Å². The van der Waals surface area contributed by atoms with E-state index >= 15 is 0 Å². The zero-order chi connectivity index (χ0) is 18.8. The Hall–Kier alpha value is -1.02. The smallest absolute Gasteiger partial charge is 0.157 e. The molecule has 1 saturated heterocycles. The summed E-state index contributed by atoms with van der Waals surface area (Å²) in [6.45, 7) is 1.53. The predicted molar refractivity (Wildman–Crippen MR) is 99.6 cm³/mol.